The summed E-state index contributed by atoms with van der Waals surface area (Å²) in [6.07, 6.45) is -0.395. The van der Waals surface area contributed by atoms with Gasteiger partial charge in [0, 0.05) is 20.3 Å². The molecule has 0 radical (unpaired) electrons. The van der Waals surface area contributed by atoms with Crippen LogP contribution in [0.15, 0.2) is 0 Å². The second-order valence-corrected chi connectivity index (χ2v) is 3.82. The number of rotatable bonds is 11. The van der Waals surface area contributed by atoms with Crippen molar-refractivity contribution in [1.82, 2.24) is 5.32 Å². The molecule has 0 fully saturated rings. The van der Waals surface area contributed by atoms with Crippen LogP contribution >= 0.6 is 0 Å². The van der Waals surface area contributed by atoms with Gasteiger partial charge in [0.1, 0.15) is 6.61 Å². The third-order valence-corrected chi connectivity index (χ3v) is 2.11. The third kappa shape index (κ3) is 15.7. The molecule has 0 heterocycles. The van der Waals surface area contributed by atoms with E-state index in [0.717, 1.165) is 32.4 Å². The molecule has 0 aromatic heterocycles. The summed E-state index contributed by atoms with van der Waals surface area (Å²) in [7, 11) is 1.68. The molecular weight excluding hydrogens is 235 g/mol. The number of nitrogens with one attached hydrogen (secondary N) is 1. The first-order valence-electron chi connectivity index (χ1n) is 5.90. The first-order chi connectivity index (χ1) is 8.06. The van der Waals surface area contributed by atoms with Crippen molar-refractivity contribution in [3.05, 3.63) is 0 Å². The first kappa shape index (κ1) is 16.7. The Bertz CT molecular complexity index is 165. The van der Waals surface area contributed by atoms with Gasteiger partial charge in [-0.05, 0) is 38.8 Å². The maximum atomic E-state index is 11.7. The Balaban J connectivity index is 2.99. The molecule has 0 spiro atoms. The van der Waals surface area contributed by atoms with Gasteiger partial charge in [-0.25, -0.2) is 0 Å². The van der Waals surface area contributed by atoms with Crippen molar-refractivity contribution in [2.24, 2.45) is 0 Å². The molecule has 0 amide bonds. The van der Waals surface area contributed by atoms with Crippen LogP contribution in [0.1, 0.15) is 25.7 Å². The van der Waals surface area contributed by atoms with Crippen molar-refractivity contribution >= 4 is 0 Å². The van der Waals surface area contributed by atoms with Crippen LogP contribution in [0, 0.1) is 0 Å². The van der Waals surface area contributed by atoms with Crippen LogP contribution in [0.5, 0.6) is 0 Å². The van der Waals surface area contributed by atoms with E-state index < -0.39 is 12.8 Å². The monoisotopic (exact) mass is 257 g/mol. The van der Waals surface area contributed by atoms with Crippen molar-refractivity contribution < 1.29 is 22.6 Å². The summed E-state index contributed by atoms with van der Waals surface area (Å²) in [4.78, 5) is 0. The number of ether oxygens (including phenoxy) is 2. The van der Waals surface area contributed by atoms with Crippen LogP contribution in [-0.4, -0.2) is 46.2 Å². The second-order valence-electron chi connectivity index (χ2n) is 3.82. The molecule has 3 nitrogen and oxygen atoms in total. The molecule has 0 aromatic rings. The molecule has 0 bridgehead atoms. The zero-order valence-corrected chi connectivity index (χ0v) is 10.3. The van der Waals surface area contributed by atoms with Gasteiger partial charge in [0.15, 0.2) is 0 Å². The van der Waals surface area contributed by atoms with Crippen LogP contribution < -0.4 is 5.32 Å². The predicted octanol–water partition coefficient (Wildman–Crippen LogP) is 2.36. The molecule has 0 rings (SSSR count). The lowest BCUT2D eigenvalue weighted by Crippen LogP contribution is -2.21. The lowest BCUT2D eigenvalue weighted by atomic mass is 10.2. The molecule has 17 heavy (non-hydrogen) atoms. The number of unbranched alkanes of at least 4 members (excludes halogenated alkanes) is 2. The number of hydrogen-bond donors (Lipinski definition) is 1. The number of methoxy groups -OCH3 is 1. The molecule has 0 saturated heterocycles. The zero-order valence-electron chi connectivity index (χ0n) is 10.3. The first-order valence-corrected chi connectivity index (χ1v) is 5.90. The van der Waals surface area contributed by atoms with Crippen LogP contribution in [0.4, 0.5) is 13.2 Å². The van der Waals surface area contributed by atoms with Crippen molar-refractivity contribution in [2.45, 2.75) is 31.9 Å². The summed E-state index contributed by atoms with van der Waals surface area (Å²) in [5, 5.41) is 3.16. The zero-order chi connectivity index (χ0) is 13.0. The van der Waals surface area contributed by atoms with E-state index in [4.69, 9.17) is 4.74 Å². The topological polar surface area (TPSA) is 30.5 Å². The van der Waals surface area contributed by atoms with E-state index in [2.05, 4.69) is 10.1 Å². The fraction of sp³-hybridized carbons (Fsp3) is 1.00. The minimum Gasteiger partial charge on any atom is -0.385 e. The van der Waals surface area contributed by atoms with Crippen molar-refractivity contribution in [2.75, 3.05) is 40.0 Å². The summed E-state index contributed by atoms with van der Waals surface area (Å²) < 4.78 is 44.4. The molecule has 0 saturated carbocycles. The third-order valence-electron chi connectivity index (χ3n) is 2.11. The Kier molecular flexibility index (Phi) is 10.6. The highest BCUT2D eigenvalue weighted by Crippen LogP contribution is 2.14. The molecule has 0 atom stereocenters. The second kappa shape index (κ2) is 10.8. The van der Waals surface area contributed by atoms with Crippen molar-refractivity contribution in [1.29, 1.82) is 0 Å². The van der Waals surface area contributed by atoms with Gasteiger partial charge < -0.3 is 14.8 Å². The fourth-order valence-electron chi connectivity index (χ4n) is 1.29. The van der Waals surface area contributed by atoms with Gasteiger partial charge in [-0.3, -0.25) is 0 Å². The van der Waals surface area contributed by atoms with Gasteiger partial charge in [0.25, 0.3) is 0 Å². The fourth-order valence-corrected chi connectivity index (χ4v) is 1.29. The van der Waals surface area contributed by atoms with Crippen LogP contribution in [-0.2, 0) is 9.47 Å². The maximum absolute atomic E-state index is 11.7. The van der Waals surface area contributed by atoms with Crippen molar-refractivity contribution in [3.8, 4) is 0 Å². The SMILES string of the molecule is COCCCCCNCCCOCC(F)(F)F. The summed E-state index contributed by atoms with van der Waals surface area (Å²) in [6, 6.07) is 0. The summed E-state index contributed by atoms with van der Waals surface area (Å²) in [5.74, 6) is 0. The average Bonchev–Trinajstić information content (AvgIpc) is 2.24. The molecule has 0 aliphatic rings. The molecule has 104 valence electrons. The Hall–Kier alpha value is -0.330. The molecule has 0 aliphatic heterocycles. The predicted molar refractivity (Wildman–Crippen MR) is 60.1 cm³/mol. The summed E-state index contributed by atoms with van der Waals surface area (Å²) in [6.45, 7) is 1.37. The molecule has 0 unspecified atom stereocenters. The van der Waals surface area contributed by atoms with Crippen LogP contribution in [0.3, 0.4) is 0 Å². The van der Waals surface area contributed by atoms with E-state index in [9.17, 15) is 13.2 Å². The summed E-state index contributed by atoms with van der Waals surface area (Å²) in [5.41, 5.74) is 0. The highest BCUT2D eigenvalue weighted by atomic mass is 19.4. The highest BCUT2D eigenvalue weighted by molar-refractivity contribution is 4.50. The van der Waals surface area contributed by atoms with E-state index in [-0.39, 0.29) is 6.61 Å². The Labute approximate surface area is 101 Å². The molecule has 0 aliphatic carbocycles. The lowest BCUT2D eigenvalue weighted by Gasteiger charge is -2.08. The Morgan fingerprint density at radius 1 is 0.941 bits per heavy atom. The molecule has 0 aromatic carbocycles. The van der Waals surface area contributed by atoms with Gasteiger partial charge in [-0.15, -0.1) is 0 Å². The minimum absolute atomic E-state index is 0.149. The van der Waals surface area contributed by atoms with Gasteiger partial charge in [0.2, 0.25) is 0 Å². The Morgan fingerprint density at radius 2 is 1.65 bits per heavy atom. The van der Waals surface area contributed by atoms with E-state index in [1.54, 1.807) is 7.11 Å². The minimum atomic E-state index is -4.21. The largest absolute Gasteiger partial charge is 0.411 e. The molecular formula is C11H22F3NO2. The Morgan fingerprint density at radius 3 is 2.29 bits per heavy atom. The van der Waals surface area contributed by atoms with E-state index in [0.29, 0.717) is 13.0 Å². The van der Waals surface area contributed by atoms with Gasteiger partial charge in [0.05, 0.1) is 0 Å². The summed E-state index contributed by atoms with van der Waals surface area (Å²) >= 11 is 0. The van der Waals surface area contributed by atoms with E-state index >= 15 is 0 Å². The quantitative estimate of drug-likeness (QED) is 0.576. The van der Waals surface area contributed by atoms with E-state index in [1.165, 1.54) is 0 Å². The highest BCUT2D eigenvalue weighted by Gasteiger charge is 2.26. The normalized spacial score (nSPS) is 12.0. The average molecular weight is 257 g/mol. The molecule has 1 N–H and O–H groups in total. The standard InChI is InChI=1S/C11H22F3NO2/c1-16-8-4-2-3-6-15-7-5-9-17-10-11(12,13)14/h15H,2-10H2,1H3. The van der Waals surface area contributed by atoms with Gasteiger partial charge in [-0.2, -0.15) is 13.2 Å². The number of alkyl halides is 3. The van der Waals surface area contributed by atoms with E-state index in [1.807, 2.05) is 0 Å². The van der Waals surface area contributed by atoms with Crippen LogP contribution in [0.2, 0.25) is 0 Å². The number of halogens is 3. The van der Waals surface area contributed by atoms with Gasteiger partial charge >= 0.3 is 6.18 Å². The van der Waals surface area contributed by atoms with Gasteiger partial charge in [-0.1, -0.05) is 0 Å². The molecule has 6 heteroatoms. The number of hydrogen-bond acceptors (Lipinski definition) is 3. The van der Waals surface area contributed by atoms with Crippen LogP contribution in [0.25, 0.3) is 0 Å². The lowest BCUT2D eigenvalue weighted by molar-refractivity contribution is -0.173. The smallest absolute Gasteiger partial charge is 0.385 e. The van der Waals surface area contributed by atoms with Crippen molar-refractivity contribution in [3.63, 3.8) is 0 Å². The maximum Gasteiger partial charge on any atom is 0.411 e.